The molecule has 0 aliphatic carbocycles. The molecule has 2 aliphatic rings. The number of likely N-dealkylation sites (tertiary alicyclic amines) is 2. The van der Waals surface area contributed by atoms with Gasteiger partial charge in [-0.3, -0.25) is 19.2 Å². The van der Waals surface area contributed by atoms with Crippen molar-refractivity contribution in [3.8, 4) is 22.3 Å². The molecule has 24 heteroatoms. The zero-order valence-corrected chi connectivity index (χ0v) is 57.7. The van der Waals surface area contributed by atoms with Crippen LogP contribution >= 0.6 is 23.5 Å². The topological polar surface area (TPSA) is 110 Å². The van der Waals surface area contributed by atoms with Gasteiger partial charge in [0.15, 0.2) is 34.1 Å². The first kappa shape index (κ1) is 52.0. The van der Waals surface area contributed by atoms with Gasteiger partial charge in [-0.05, 0) is 127 Å². The molecular weight excluding hydrogens is 1410 g/mol. The van der Waals surface area contributed by atoms with Crippen molar-refractivity contribution < 1.29 is 94.5 Å². The summed E-state index contributed by atoms with van der Waals surface area (Å²) in [5.41, 5.74) is -7.41. The van der Waals surface area contributed by atoms with E-state index in [0.29, 0.717) is 47.2 Å². The zero-order valence-electron chi connectivity index (χ0n) is 79.0. The summed E-state index contributed by atoms with van der Waals surface area (Å²) in [6.07, 6.45) is -9.39. The maximum absolute atomic E-state index is 15.4. The number of ether oxygens (including phenoxy) is 2. The molecule has 12 rings (SSSR count). The van der Waals surface area contributed by atoms with Gasteiger partial charge in [0, 0.05) is 124 Å². The molecule has 0 atom stereocenters. The maximum atomic E-state index is 15.4. The number of hydrogen-bond acceptors (Lipinski definition) is 10. The highest BCUT2D eigenvalue weighted by Gasteiger charge is 2.34. The van der Waals surface area contributed by atoms with Crippen molar-refractivity contribution in [2.75, 3.05) is 66.6 Å². The quantitative estimate of drug-likeness (QED) is 0.0428. The van der Waals surface area contributed by atoms with Gasteiger partial charge in [-0.1, -0.05) is 121 Å². The first-order chi connectivity index (χ1) is 59.6. The van der Waals surface area contributed by atoms with Gasteiger partial charge in [0.2, 0.25) is 11.8 Å². The number of hydrogen-bond donors (Lipinski definition) is 0. The van der Waals surface area contributed by atoms with E-state index in [1.807, 2.05) is 4.90 Å². The van der Waals surface area contributed by atoms with E-state index in [1.165, 1.54) is 61.4 Å². The molecule has 105 heavy (non-hydrogen) atoms. The first-order valence-corrected chi connectivity index (χ1v) is 34.3. The molecule has 2 aromatic heterocycles. The number of amides is 2. The molecule has 2 fully saturated rings. The number of halogens is 10. The summed E-state index contributed by atoms with van der Waals surface area (Å²) in [4.78, 5) is 63.1. The lowest BCUT2D eigenvalue weighted by Gasteiger charge is -2.39. The highest BCUT2D eigenvalue weighted by molar-refractivity contribution is 7.98. The molecule has 550 valence electrons. The number of carbonyl (C=O) groups is 2. The van der Waals surface area contributed by atoms with Crippen molar-refractivity contribution in [1.82, 2.24) is 28.7 Å². The summed E-state index contributed by atoms with van der Waals surface area (Å²) in [5, 5.41) is -1.57. The van der Waals surface area contributed by atoms with E-state index in [1.54, 1.807) is 41.3 Å². The second kappa shape index (κ2) is 34.9. The van der Waals surface area contributed by atoms with E-state index in [-0.39, 0.29) is 90.1 Å². The predicted octanol–water partition coefficient (Wildman–Crippen LogP) is 17.1. The Labute approximate surface area is 642 Å². The minimum Gasteiger partial charge on any atom is -0.383 e. The van der Waals surface area contributed by atoms with Crippen LogP contribution < -0.4 is 10.9 Å². The molecule has 2 aliphatic heterocycles. The van der Waals surface area contributed by atoms with E-state index < -0.39 is 249 Å². The fourth-order valence-electron chi connectivity index (χ4n) is 11.6. The highest BCUT2D eigenvalue weighted by Crippen LogP contribution is 2.36. The SMILES string of the molecule is [2H]C([2H])(CN1CCC(N(Cc2ccc(-c3ccc(C(F)(F)F)cc3)cc2)C(=O)C([2H])([2H])n2c(SCc3cccc(F)c3F)cc(=O)c3ccccc32)CC1)OC.[2H]c1c([2H])c(F)c(F)c(CSc2c([2H])c(=O)c3c([2H])c(C)c([2H])c([2H])c3n2C([2H])([2H])C(=O)N(Cc2c([2H])c([2H])c(-c3c([2H])c([2H])c(C(F)(F)F)c([2H])c3[2H])c([2H])c2[2H])C2CCN(CC([2H])([2H])OC)CC2)c1[2H]. The van der Waals surface area contributed by atoms with Crippen LogP contribution in [-0.2, 0) is 69.0 Å². The fourth-order valence-corrected chi connectivity index (χ4v) is 13.5. The van der Waals surface area contributed by atoms with E-state index >= 15 is 9.18 Å². The van der Waals surface area contributed by atoms with Crippen molar-refractivity contribution in [1.29, 1.82) is 0 Å². The van der Waals surface area contributed by atoms with Gasteiger partial charge in [-0.2, -0.15) is 26.3 Å². The van der Waals surface area contributed by atoms with E-state index in [2.05, 4.69) is 0 Å². The van der Waals surface area contributed by atoms with Gasteiger partial charge in [0.05, 0.1) is 76.9 Å². The molecule has 0 bridgehead atoms. The third-order valence-corrected chi connectivity index (χ3v) is 19.1. The molecule has 0 N–H and O–H groups in total. The molecule has 0 spiro atoms. The third kappa shape index (κ3) is 19.5. The molecule has 2 amide bonds. The van der Waals surface area contributed by atoms with Crippen LogP contribution in [0.2, 0.25) is 0 Å². The summed E-state index contributed by atoms with van der Waals surface area (Å²) in [5.74, 6) is -9.52. The number of alkyl halides is 6. The molecule has 0 saturated carbocycles. The Hall–Kier alpha value is -9.04. The summed E-state index contributed by atoms with van der Waals surface area (Å²) >= 11 is 1.04. The van der Waals surface area contributed by atoms with Crippen LogP contribution in [0, 0.1) is 30.2 Å². The summed E-state index contributed by atoms with van der Waals surface area (Å²) in [6, 6.07) is 3.79. The number of carbonyl (C=O) groups excluding carboxylic acids is 2. The van der Waals surface area contributed by atoms with Crippen LogP contribution in [0.4, 0.5) is 43.9 Å². The lowest BCUT2D eigenvalue weighted by Crippen LogP contribution is -2.48. The van der Waals surface area contributed by atoms with Gasteiger partial charge >= 0.3 is 12.4 Å². The normalized spacial score (nSPS) is 17.9. The van der Waals surface area contributed by atoms with Crippen LogP contribution in [0.25, 0.3) is 44.1 Å². The Morgan fingerprint density at radius 3 is 1.63 bits per heavy atom. The lowest BCUT2D eigenvalue weighted by atomic mass is 10.00. The third-order valence-electron chi connectivity index (χ3n) is 17.1. The summed E-state index contributed by atoms with van der Waals surface area (Å²) in [7, 11) is 2.40. The van der Waals surface area contributed by atoms with Crippen molar-refractivity contribution in [2.24, 2.45) is 0 Å². The number of rotatable bonds is 24. The molecule has 4 heterocycles. The van der Waals surface area contributed by atoms with E-state index in [9.17, 15) is 59.4 Å². The average molecular weight is 1510 g/mol. The number of fused-ring (bicyclic) bond motifs is 2. The Bertz CT molecular complexity index is 6040. The van der Waals surface area contributed by atoms with Crippen LogP contribution in [0.3, 0.4) is 0 Å². The van der Waals surface area contributed by atoms with Crippen LogP contribution in [0.1, 0.15) is 96.2 Å². The number of pyridine rings is 2. The first-order valence-electron chi connectivity index (χ1n) is 43.8. The van der Waals surface area contributed by atoms with Gasteiger partial charge in [0.1, 0.15) is 13.0 Å². The Morgan fingerprint density at radius 1 is 0.524 bits per heavy atom. The Balaban J connectivity index is 0.000000256. The maximum Gasteiger partial charge on any atom is 0.416 e. The molecule has 12 nitrogen and oxygen atoms in total. The van der Waals surface area contributed by atoms with Crippen molar-refractivity contribution in [2.45, 2.75) is 105 Å². The minimum atomic E-state index is -5.38. The predicted molar refractivity (Wildman–Crippen MR) is 391 cm³/mol. The number of thioether (sulfide) groups is 2. The summed E-state index contributed by atoms with van der Waals surface area (Å²) < 4.78 is 349. The van der Waals surface area contributed by atoms with Crippen molar-refractivity contribution in [3.63, 3.8) is 0 Å². The fraction of sp³-hybridized carbons (Fsp3) is 0.309. The summed E-state index contributed by atoms with van der Waals surface area (Å²) in [6.45, 7) is -10.2. The number of aromatic nitrogens is 2. The average Bonchev–Trinajstić information content (AvgIpc) is 0.715. The Kier molecular flexibility index (Phi) is 17.3. The standard InChI is InChI=1S/C41H40F5N3O3S.C40H38F5N3O3S/c1-27-6-15-36-34(22-27)37(50)23-39(53-26-31-4-3-5-35(42)40(31)43)49(36)25-38(51)48(33-16-18-47(19-17-33)20-21-52-2)24-28-7-9-29(10-8-28)30-11-13-32(14-12-30)41(44,45)46;1-51-22-21-46-19-17-32(18-20-46)47(24-27-9-11-28(12-10-27)29-13-15-31(16-14-29)40(43,44)45)37(50)25-48-35-8-3-2-6-33(35)36(49)23-38(48)52-26-30-5-4-7-34(41)39(30)42/h3-15,22-23,33H,16-21,24-26H2,1-2H3;2-16,23,32H,17-22,24-26H2,1H3/i3D,4D,5D,6D,7D,8D,9D,10D,11D,12D,13D,14D,15D,21D2,22D,23D,25D2;22D2,25D2. The van der Waals surface area contributed by atoms with Gasteiger partial charge in [-0.15, -0.1) is 23.5 Å². The zero-order chi connectivity index (χ0) is 94.8. The smallest absolute Gasteiger partial charge is 0.383 e. The molecular formula is C81H78F10N6O6S2. The second-order valence-corrected chi connectivity index (χ2v) is 25.9. The second-order valence-electron chi connectivity index (χ2n) is 24.0. The van der Waals surface area contributed by atoms with Crippen LogP contribution in [-0.4, -0.2) is 119 Å². The molecule has 0 unspecified atom stereocenters. The molecule has 10 aromatic rings. The number of methoxy groups -OCH3 is 2. The van der Waals surface area contributed by atoms with Crippen molar-refractivity contribution in [3.05, 3.63) is 270 Å². The molecule has 0 radical (unpaired) electrons. The van der Waals surface area contributed by atoms with Crippen molar-refractivity contribution >= 4 is 57.1 Å². The lowest BCUT2D eigenvalue weighted by molar-refractivity contribution is -0.138. The van der Waals surface area contributed by atoms with E-state index in [0.717, 1.165) is 46.5 Å². The van der Waals surface area contributed by atoms with Gasteiger partial charge in [-0.25, -0.2) is 17.6 Å². The highest BCUT2D eigenvalue weighted by atomic mass is 32.2. The number of benzene rings is 8. The van der Waals surface area contributed by atoms with Gasteiger partial charge < -0.3 is 38.2 Å². The molecule has 8 aromatic carbocycles. The molecule has 2 saturated heterocycles. The number of piperidine rings is 2. The monoisotopic (exact) mass is 1510 g/mol. The van der Waals surface area contributed by atoms with Crippen LogP contribution in [0.15, 0.2) is 207 Å². The Morgan fingerprint density at radius 2 is 1.05 bits per heavy atom. The van der Waals surface area contributed by atoms with Gasteiger partial charge in [0.25, 0.3) is 0 Å². The van der Waals surface area contributed by atoms with Crippen LogP contribution in [0.5, 0.6) is 0 Å². The number of nitrogens with zero attached hydrogens (tertiary/aromatic N) is 6. The number of para-hydroxylation sites is 1. The van der Waals surface area contributed by atoms with E-state index in [4.69, 9.17) is 35.5 Å². The largest absolute Gasteiger partial charge is 0.416 e. The minimum absolute atomic E-state index is 0.00766.